The van der Waals surface area contributed by atoms with Crippen LogP contribution in [0.3, 0.4) is 0 Å². The largest absolute Gasteiger partial charge is 0.490 e. The van der Waals surface area contributed by atoms with Crippen LogP contribution in [0.1, 0.15) is 12.8 Å². The lowest BCUT2D eigenvalue weighted by atomic mass is 10.3. The molecule has 0 aliphatic heterocycles. The second-order valence-corrected chi connectivity index (χ2v) is 4.77. The monoisotopic (exact) mass is 326 g/mol. The van der Waals surface area contributed by atoms with Crippen LogP contribution in [0, 0.1) is 0 Å². The van der Waals surface area contributed by atoms with Gasteiger partial charge in [-0.25, -0.2) is 0 Å². The van der Waals surface area contributed by atoms with E-state index < -0.39 is 5.97 Å². The molecule has 0 amide bonds. The molecule has 0 aromatic heterocycles. The Balaban J connectivity index is 2.57. The number of halogens is 3. The van der Waals surface area contributed by atoms with Crippen LogP contribution < -0.4 is 4.74 Å². The third-order valence-electron chi connectivity index (χ3n) is 1.74. The summed E-state index contributed by atoms with van der Waals surface area (Å²) in [6.07, 6.45) is 0.476. The van der Waals surface area contributed by atoms with Gasteiger partial charge < -0.3 is 9.84 Å². The minimum Gasteiger partial charge on any atom is -0.490 e. The average Bonchev–Trinajstić information content (AvgIpc) is 2.14. The topological polar surface area (TPSA) is 46.5 Å². The second-order valence-electron chi connectivity index (χ2n) is 3.04. The molecule has 16 heavy (non-hydrogen) atoms. The number of rotatable bonds is 5. The summed E-state index contributed by atoms with van der Waals surface area (Å²) in [4.78, 5) is 10.3. The lowest BCUT2D eigenvalue weighted by molar-refractivity contribution is -0.137. The number of carboxylic acids is 1. The molecule has 0 spiro atoms. The molecule has 0 aliphatic rings. The maximum atomic E-state index is 10.3. The Morgan fingerprint density at radius 3 is 2.44 bits per heavy atom. The van der Waals surface area contributed by atoms with Gasteiger partial charge in [0, 0.05) is 10.9 Å². The molecule has 1 N–H and O–H groups in total. The molecule has 0 aliphatic carbocycles. The minimum atomic E-state index is -0.850. The molecule has 1 rings (SSSR count). The zero-order valence-corrected chi connectivity index (χ0v) is 11.3. The highest BCUT2D eigenvalue weighted by atomic mass is 79.9. The highest BCUT2D eigenvalue weighted by Gasteiger charge is 2.09. The van der Waals surface area contributed by atoms with Crippen molar-refractivity contribution in [3.05, 3.63) is 26.7 Å². The molecule has 0 radical (unpaired) electrons. The first kappa shape index (κ1) is 13.6. The predicted molar refractivity (Wildman–Crippen MR) is 66.5 cm³/mol. The standard InChI is InChI=1S/C10H9BrCl2O3/c11-6-4-7(12)10(8(13)5-6)16-3-1-2-9(14)15/h4-5H,1-3H2,(H,14,15). The Labute approximate surface area is 111 Å². The highest BCUT2D eigenvalue weighted by Crippen LogP contribution is 2.35. The van der Waals surface area contributed by atoms with Crippen molar-refractivity contribution < 1.29 is 14.6 Å². The normalized spacial score (nSPS) is 10.2. The van der Waals surface area contributed by atoms with E-state index in [-0.39, 0.29) is 13.0 Å². The van der Waals surface area contributed by atoms with Gasteiger partial charge in [-0.15, -0.1) is 0 Å². The van der Waals surface area contributed by atoms with Gasteiger partial charge in [0.2, 0.25) is 0 Å². The minimum absolute atomic E-state index is 0.0613. The number of benzene rings is 1. The summed E-state index contributed by atoms with van der Waals surface area (Å²) in [5.41, 5.74) is 0. The van der Waals surface area contributed by atoms with Gasteiger partial charge in [0.25, 0.3) is 0 Å². The van der Waals surface area contributed by atoms with Crippen LogP contribution >= 0.6 is 39.1 Å². The smallest absolute Gasteiger partial charge is 0.303 e. The highest BCUT2D eigenvalue weighted by molar-refractivity contribution is 9.10. The molecular weight excluding hydrogens is 319 g/mol. The molecule has 0 atom stereocenters. The van der Waals surface area contributed by atoms with E-state index in [0.717, 1.165) is 4.47 Å². The fraction of sp³-hybridized carbons (Fsp3) is 0.300. The van der Waals surface area contributed by atoms with Gasteiger partial charge in [0.05, 0.1) is 16.7 Å². The van der Waals surface area contributed by atoms with Gasteiger partial charge >= 0.3 is 5.97 Å². The molecule has 0 fully saturated rings. The predicted octanol–water partition coefficient (Wildman–Crippen LogP) is 4.00. The first-order valence-corrected chi connectivity index (χ1v) is 6.04. The third kappa shape index (κ3) is 4.20. The van der Waals surface area contributed by atoms with Crippen LogP contribution in [0.5, 0.6) is 5.75 Å². The molecule has 0 saturated carbocycles. The molecule has 88 valence electrons. The quantitative estimate of drug-likeness (QED) is 0.831. The van der Waals surface area contributed by atoms with Gasteiger partial charge in [-0.05, 0) is 18.6 Å². The molecule has 0 unspecified atom stereocenters. The van der Waals surface area contributed by atoms with Gasteiger partial charge in [-0.2, -0.15) is 0 Å². The number of ether oxygens (including phenoxy) is 1. The van der Waals surface area contributed by atoms with Crippen molar-refractivity contribution >= 4 is 45.1 Å². The van der Waals surface area contributed by atoms with E-state index in [1.165, 1.54) is 0 Å². The van der Waals surface area contributed by atoms with Crippen LogP contribution in [0.25, 0.3) is 0 Å². The molecule has 0 heterocycles. The summed E-state index contributed by atoms with van der Waals surface area (Å²) in [6, 6.07) is 3.33. The number of aliphatic carboxylic acids is 1. The SMILES string of the molecule is O=C(O)CCCOc1c(Cl)cc(Br)cc1Cl. The van der Waals surface area contributed by atoms with Crippen LogP contribution in [0.15, 0.2) is 16.6 Å². The molecule has 3 nitrogen and oxygen atoms in total. The molecule has 1 aromatic carbocycles. The van der Waals surface area contributed by atoms with Gasteiger partial charge in [-0.3, -0.25) is 4.79 Å². The Morgan fingerprint density at radius 1 is 1.38 bits per heavy atom. The molecule has 6 heteroatoms. The zero-order chi connectivity index (χ0) is 12.1. The van der Waals surface area contributed by atoms with E-state index in [9.17, 15) is 4.79 Å². The van der Waals surface area contributed by atoms with E-state index in [2.05, 4.69) is 15.9 Å². The van der Waals surface area contributed by atoms with Crippen molar-refractivity contribution in [1.82, 2.24) is 0 Å². The van der Waals surface area contributed by atoms with Gasteiger partial charge in [-0.1, -0.05) is 39.1 Å². The van der Waals surface area contributed by atoms with Gasteiger partial charge in [0.1, 0.15) is 0 Å². The third-order valence-corrected chi connectivity index (χ3v) is 2.76. The summed E-state index contributed by atoms with van der Waals surface area (Å²) >= 11 is 15.1. The molecule has 0 bridgehead atoms. The Morgan fingerprint density at radius 2 is 1.94 bits per heavy atom. The lowest BCUT2D eigenvalue weighted by Crippen LogP contribution is -2.02. The van der Waals surface area contributed by atoms with Crippen molar-refractivity contribution in [2.45, 2.75) is 12.8 Å². The Hall–Kier alpha value is -0.450. The first-order chi connectivity index (χ1) is 7.50. The van der Waals surface area contributed by atoms with E-state index >= 15 is 0 Å². The summed E-state index contributed by atoms with van der Waals surface area (Å²) in [5.74, 6) is -0.464. The van der Waals surface area contributed by atoms with E-state index in [1.54, 1.807) is 12.1 Å². The van der Waals surface area contributed by atoms with Crippen LogP contribution in [-0.2, 0) is 4.79 Å². The Kier molecular flexibility index (Phi) is 5.38. The first-order valence-electron chi connectivity index (χ1n) is 4.50. The molecular formula is C10H9BrCl2O3. The number of carboxylic acid groups (broad SMARTS) is 1. The van der Waals surface area contributed by atoms with Crippen molar-refractivity contribution in [3.63, 3.8) is 0 Å². The van der Waals surface area contributed by atoms with E-state index in [4.69, 9.17) is 33.0 Å². The maximum Gasteiger partial charge on any atom is 0.303 e. The van der Waals surface area contributed by atoms with Crippen molar-refractivity contribution in [1.29, 1.82) is 0 Å². The van der Waals surface area contributed by atoms with E-state index in [0.29, 0.717) is 22.2 Å². The van der Waals surface area contributed by atoms with E-state index in [1.807, 2.05) is 0 Å². The number of hydrogen-bond acceptors (Lipinski definition) is 2. The van der Waals surface area contributed by atoms with Crippen molar-refractivity contribution in [2.75, 3.05) is 6.61 Å². The number of hydrogen-bond donors (Lipinski definition) is 1. The van der Waals surface area contributed by atoms with Crippen molar-refractivity contribution in [2.24, 2.45) is 0 Å². The average molecular weight is 328 g/mol. The fourth-order valence-electron chi connectivity index (χ4n) is 1.06. The van der Waals surface area contributed by atoms with Gasteiger partial charge in [0.15, 0.2) is 5.75 Å². The fourth-order valence-corrected chi connectivity index (χ4v) is 2.38. The zero-order valence-electron chi connectivity index (χ0n) is 8.17. The van der Waals surface area contributed by atoms with Crippen LogP contribution in [0.2, 0.25) is 10.0 Å². The Bertz CT molecular complexity index is 373. The summed E-state index contributed by atoms with van der Waals surface area (Å²) in [7, 11) is 0. The molecule has 1 aromatic rings. The summed E-state index contributed by atoms with van der Waals surface area (Å²) < 4.78 is 6.09. The summed E-state index contributed by atoms with van der Waals surface area (Å²) in [5, 5.41) is 9.24. The lowest BCUT2D eigenvalue weighted by Gasteiger charge is -2.09. The van der Waals surface area contributed by atoms with Crippen LogP contribution in [-0.4, -0.2) is 17.7 Å². The maximum absolute atomic E-state index is 10.3. The molecule has 0 saturated heterocycles. The number of carbonyl (C=O) groups is 1. The van der Waals surface area contributed by atoms with Crippen LogP contribution in [0.4, 0.5) is 0 Å². The van der Waals surface area contributed by atoms with Crippen molar-refractivity contribution in [3.8, 4) is 5.75 Å². The second kappa shape index (κ2) is 6.33. The summed E-state index contributed by atoms with van der Waals surface area (Å²) in [6.45, 7) is 0.271.